The molecule has 100 valence electrons. The number of non-ortho nitro benzene ring substituents is 1. The number of aliphatic hydroxyl groups is 1. The van der Waals surface area contributed by atoms with Gasteiger partial charge in [0, 0.05) is 24.4 Å². The average Bonchev–Trinajstić information content (AvgIpc) is 2.25. The first-order valence-electron chi connectivity index (χ1n) is 4.95. The van der Waals surface area contributed by atoms with Crippen molar-refractivity contribution in [3.8, 4) is 0 Å². The van der Waals surface area contributed by atoms with Gasteiger partial charge >= 0.3 is 6.18 Å². The summed E-state index contributed by atoms with van der Waals surface area (Å²) in [6, 6.07) is 3.72. The SMILES string of the molecule is Cc1cc([N+](=O)[O-])ccc1NCC(O)C(F)(F)F. The second kappa shape index (κ2) is 5.21. The second-order valence-electron chi connectivity index (χ2n) is 3.69. The Bertz CT molecular complexity index is 448. The number of rotatable bonds is 4. The van der Waals surface area contributed by atoms with Crippen LogP contribution in [0.15, 0.2) is 18.2 Å². The Morgan fingerprint density at radius 1 is 1.50 bits per heavy atom. The summed E-state index contributed by atoms with van der Waals surface area (Å²) < 4.78 is 36.1. The molecule has 18 heavy (non-hydrogen) atoms. The lowest BCUT2D eigenvalue weighted by atomic mass is 10.1. The number of hydrogen-bond acceptors (Lipinski definition) is 4. The normalized spacial score (nSPS) is 13.2. The van der Waals surface area contributed by atoms with E-state index in [2.05, 4.69) is 5.32 Å². The van der Waals surface area contributed by atoms with Crippen molar-refractivity contribution in [2.75, 3.05) is 11.9 Å². The van der Waals surface area contributed by atoms with Gasteiger partial charge in [-0.05, 0) is 18.6 Å². The molecule has 0 fully saturated rings. The molecule has 0 spiro atoms. The van der Waals surface area contributed by atoms with Crippen LogP contribution in [-0.4, -0.2) is 28.9 Å². The average molecular weight is 264 g/mol. The maximum atomic E-state index is 12.0. The predicted octanol–water partition coefficient (Wildman–Crippen LogP) is 2.24. The van der Waals surface area contributed by atoms with Crippen LogP contribution in [0.2, 0.25) is 0 Å². The molecule has 1 unspecified atom stereocenters. The molecule has 0 saturated carbocycles. The first-order valence-corrected chi connectivity index (χ1v) is 4.95. The van der Waals surface area contributed by atoms with Crippen LogP contribution in [0, 0.1) is 17.0 Å². The Kier molecular flexibility index (Phi) is 4.12. The summed E-state index contributed by atoms with van der Waals surface area (Å²) in [5, 5.41) is 21.6. The highest BCUT2D eigenvalue weighted by Gasteiger charge is 2.37. The molecule has 0 heterocycles. The maximum Gasteiger partial charge on any atom is 0.416 e. The molecule has 0 aliphatic carbocycles. The summed E-state index contributed by atoms with van der Waals surface area (Å²) in [7, 11) is 0. The number of nitrogens with zero attached hydrogens (tertiary/aromatic N) is 1. The molecule has 0 saturated heterocycles. The quantitative estimate of drug-likeness (QED) is 0.646. The summed E-state index contributed by atoms with van der Waals surface area (Å²) in [6.45, 7) is 0.817. The van der Waals surface area contributed by atoms with Gasteiger partial charge in [0.05, 0.1) is 4.92 Å². The fourth-order valence-electron chi connectivity index (χ4n) is 1.28. The molecule has 1 atom stereocenters. The molecule has 8 heteroatoms. The van der Waals surface area contributed by atoms with Crippen LogP contribution in [0.5, 0.6) is 0 Å². The van der Waals surface area contributed by atoms with Crippen molar-refractivity contribution in [2.24, 2.45) is 0 Å². The Balaban J connectivity index is 2.72. The number of nitrogens with one attached hydrogen (secondary N) is 1. The topological polar surface area (TPSA) is 75.4 Å². The summed E-state index contributed by atoms with van der Waals surface area (Å²) in [5.74, 6) is 0. The van der Waals surface area contributed by atoms with Crippen LogP contribution >= 0.6 is 0 Å². The summed E-state index contributed by atoms with van der Waals surface area (Å²) >= 11 is 0. The molecule has 0 aliphatic rings. The monoisotopic (exact) mass is 264 g/mol. The van der Waals surface area contributed by atoms with Gasteiger partial charge in [0.25, 0.3) is 5.69 Å². The third kappa shape index (κ3) is 3.59. The first kappa shape index (κ1) is 14.2. The molecule has 5 nitrogen and oxygen atoms in total. The van der Waals surface area contributed by atoms with Crippen LogP contribution in [0.3, 0.4) is 0 Å². The molecule has 2 N–H and O–H groups in total. The number of nitro groups is 1. The molecular formula is C10H11F3N2O3. The predicted molar refractivity (Wildman–Crippen MR) is 58.4 cm³/mol. The lowest BCUT2D eigenvalue weighted by Crippen LogP contribution is -2.35. The van der Waals surface area contributed by atoms with E-state index in [0.717, 1.165) is 0 Å². The molecule has 0 bridgehead atoms. The minimum atomic E-state index is -4.69. The molecule has 0 aliphatic heterocycles. The second-order valence-corrected chi connectivity index (χ2v) is 3.69. The standard InChI is InChI=1S/C10H11F3N2O3/c1-6-4-7(15(17)18)2-3-8(6)14-5-9(16)10(11,12)13/h2-4,9,14,16H,5H2,1H3. The summed E-state index contributed by atoms with van der Waals surface area (Å²) in [4.78, 5) is 9.86. The van der Waals surface area contributed by atoms with Crippen molar-refractivity contribution in [2.45, 2.75) is 19.2 Å². The van der Waals surface area contributed by atoms with Gasteiger partial charge in [-0.1, -0.05) is 0 Å². The minimum Gasteiger partial charge on any atom is -0.382 e. The van der Waals surface area contributed by atoms with E-state index in [1.807, 2.05) is 0 Å². The van der Waals surface area contributed by atoms with Crippen molar-refractivity contribution < 1.29 is 23.2 Å². The Hall–Kier alpha value is -1.83. The maximum absolute atomic E-state index is 12.0. The van der Waals surface area contributed by atoms with Crippen molar-refractivity contribution in [1.29, 1.82) is 0 Å². The highest BCUT2D eigenvalue weighted by atomic mass is 19.4. The largest absolute Gasteiger partial charge is 0.416 e. The Labute approximate surface area is 100 Å². The molecular weight excluding hydrogens is 253 g/mol. The summed E-state index contributed by atoms with van der Waals surface area (Å²) in [6.07, 6.45) is -7.17. The number of nitro benzene ring substituents is 1. The molecule has 0 radical (unpaired) electrons. The number of alkyl halides is 3. The number of hydrogen-bond donors (Lipinski definition) is 2. The zero-order valence-electron chi connectivity index (χ0n) is 9.36. The first-order chi connectivity index (χ1) is 8.21. The van der Waals surface area contributed by atoms with Crippen molar-refractivity contribution >= 4 is 11.4 Å². The van der Waals surface area contributed by atoms with Crippen molar-refractivity contribution in [1.82, 2.24) is 0 Å². The van der Waals surface area contributed by atoms with Crippen LogP contribution in [0.25, 0.3) is 0 Å². The van der Waals surface area contributed by atoms with Gasteiger partial charge in [-0.25, -0.2) is 0 Å². The van der Waals surface area contributed by atoms with Gasteiger partial charge in [0.1, 0.15) is 0 Å². The molecule has 1 aromatic rings. The van der Waals surface area contributed by atoms with E-state index in [-0.39, 0.29) is 5.69 Å². The van der Waals surface area contributed by atoms with Gasteiger partial charge in [0.2, 0.25) is 0 Å². The van der Waals surface area contributed by atoms with E-state index in [9.17, 15) is 23.3 Å². The zero-order valence-corrected chi connectivity index (χ0v) is 9.36. The van der Waals surface area contributed by atoms with Gasteiger partial charge in [-0.3, -0.25) is 10.1 Å². The van der Waals surface area contributed by atoms with Crippen LogP contribution in [0.1, 0.15) is 5.56 Å². The van der Waals surface area contributed by atoms with E-state index in [1.165, 1.54) is 25.1 Å². The molecule has 0 aromatic heterocycles. The molecule has 1 rings (SSSR count). The van der Waals surface area contributed by atoms with Crippen LogP contribution in [-0.2, 0) is 0 Å². The minimum absolute atomic E-state index is 0.144. The number of anilines is 1. The summed E-state index contributed by atoms with van der Waals surface area (Å²) in [5.41, 5.74) is 0.594. The van der Waals surface area contributed by atoms with Crippen LogP contribution < -0.4 is 5.32 Å². The molecule has 1 aromatic carbocycles. The van der Waals surface area contributed by atoms with E-state index in [1.54, 1.807) is 0 Å². The van der Waals surface area contributed by atoms with Gasteiger partial charge in [-0.15, -0.1) is 0 Å². The number of benzene rings is 1. The lowest BCUT2D eigenvalue weighted by Gasteiger charge is -2.16. The zero-order chi connectivity index (χ0) is 13.9. The van der Waals surface area contributed by atoms with E-state index in [0.29, 0.717) is 11.3 Å². The Morgan fingerprint density at radius 3 is 2.56 bits per heavy atom. The van der Waals surface area contributed by atoms with E-state index >= 15 is 0 Å². The fourth-order valence-corrected chi connectivity index (χ4v) is 1.28. The van der Waals surface area contributed by atoms with Gasteiger partial charge in [0.15, 0.2) is 6.10 Å². The number of aryl methyl sites for hydroxylation is 1. The van der Waals surface area contributed by atoms with Crippen molar-refractivity contribution in [3.05, 3.63) is 33.9 Å². The number of halogens is 3. The third-order valence-corrected chi connectivity index (χ3v) is 2.28. The van der Waals surface area contributed by atoms with Crippen LogP contribution in [0.4, 0.5) is 24.5 Å². The van der Waals surface area contributed by atoms with Gasteiger partial charge in [-0.2, -0.15) is 13.2 Å². The van der Waals surface area contributed by atoms with Gasteiger partial charge < -0.3 is 10.4 Å². The fraction of sp³-hybridized carbons (Fsp3) is 0.400. The van der Waals surface area contributed by atoms with E-state index < -0.39 is 23.7 Å². The molecule has 0 amide bonds. The van der Waals surface area contributed by atoms with Crippen molar-refractivity contribution in [3.63, 3.8) is 0 Å². The number of aliphatic hydroxyl groups excluding tert-OH is 1. The van der Waals surface area contributed by atoms with E-state index in [4.69, 9.17) is 5.11 Å². The third-order valence-electron chi connectivity index (χ3n) is 2.28. The smallest absolute Gasteiger partial charge is 0.382 e. The highest BCUT2D eigenvalue weighted by Crippen LogP contribution is 2.23. The highest BCUT2D eigenvalue weighted by molar-refractivity contribution is 5.55. The Morgan fingerprint density at radius 2 is 2.11 bits per heavy atom. The lowest BCUT2D eigenvalue weighted by molar-refractivity contribution is -0.384.